The fourth-order valence-electron chi connectivity index (χ4n) is 5.43. The second-order valence-electron chi connectivity index (χ2n) is 9.65. The normalized spacial score (nSPS) is 28.1. The van der Waals surface area contributed by atoms with Crippen molar-refractivity contribution in [2.75, 3.05) is 0 Å². The highest BCUT2D eigenvalue weighted by molar-refractivity contribution is 5.22. The zero-order valence-electron chi connectivity index (χ0n) is 18.4. The van der Waals surface area contributed by atoms with E-state index in [1.807, 2.05) is 0 Å². The van der Waals surface area contributed by atoms with Gasteiger partial charge < -0.3 is 0 Å². The summed E-state index contributed by atoms with van der Waals surface area (Å²) in [6.07, 6.45) is 23.6. The number of benzene rings is 1. The zero-order valence-corrected chi connectivity index (χ0v) is 18.4. The third kappa shape index (κ3) is 7.23. The van der Waals surface area contributed by atoms with Crippen molar-refractivity contribution in [1.82, 2.24) is 0 Å². The van der Waals surface area contributed by atoms with Gasteiger partial charge in [0.25, 0.3) is 0 Å². The number of rotatable bonds is 9. The van der Waals surface area contributed by atoms with Crippen LogP contribution < -0.4 is 0 Å². The monoisotopic (exact) mass is 402 g/mol. The summed E-state index contributed by atoms with van der Waals surface area (Å²) in [4.78, 5) is 0. The van der Waals surface area contributed by atoms with Gasteiger partial charge in [0.1, 0.15) is 0 Å². The lowest BCUT2D eigenvalue weighted by Gasteiger charge is -2.29. The molecule has 2 heteroatoms. The quantitative estimate of drug-likeness (QED) is 0.285. The largest absolute Gasteiger partial charge is 0.204 e. The molecular formula is C27H40F2. The molecule has 0 unspecified atom stereocenters. The molecule has 29 heavy (non-hydrogen) atoms. The summed E-state index contributed by atoms with van der Waals surface area (Å²) in [5.41, 5.74) is 0.972. The van der Waals surface area contributed by atoms with Gasteiger partial charge in [-0.05, 0) is 92.7 Å². The van der Waals surface area contributed by atoms with Crippen LogP contribution in [-0.4, -0.2) is 0 Å². The fraction of sp³-hybridized carbons (Fsp3) is 0.704. The first-order valence-corrected chi connectivity index (χ1v) is 12.3. The van der Waals surface area contributed by atoms with Crippen LogP contribution >= 0.6 is 0 Å². The molecule has 162 valence electrons. The van der Waals surface area contributed by atoms with E-state index in [2.05, 4.69) is 19.1 Å². The van der Waals surface area contributed by atoms with Gasteiger partial charge in [0.05, 0.1) is 0 Å². The highest BCUT2D eigenvalue weighted by Gasteiger charge is 2.23. The summed E-state index contributed by atoms with van der Waals surface area (Å²) in [6.45, 7) is 2.28. The predicted molar refractivity (Wildman–Crippen MR) is 119 cm³/mol. The lowest BCUT2D eigenvalue weighted by molar-refractivity contribution is 0.287. The van der Waals surface area contributed by atoms with Gasteiger partial charge in [-0.25, -0.2) is 8.78 Å². The molecule has 2 aliphatic carbocycles. The Labute approximate surface area is 177 Å². The van der Waals surface area contributed by atoms with E-state index in [9.17, 15) is 8.78 Å². The predicted octanol–water partition coefficient (Wildman–Crippen LogP) is 8.96. The third-order valence-electron chi connectivity index (χ3n) is 7.45. The van der Waals surface area contributed by atoms with Crippen LogP contribution in [0.5, 0.6) is 0 Å². The Balaban J connectivity index is 1.33. The van der Waals surface area contributed by atoms with Crippen molar-refractivity contribution in [2.24, 2.45) is 17.8 Å². The van der Waals surface area contributed by atoms with E-state index in [0.717, 1.165) is 30.2 Å². The molecule has 0 spiro atoms. The van der Waals surface area contributed by atoms with Crippen LogP contribution in [0.3, 0.4) is 0 Å². The van der Waals surface area contributed by atoms with Crippen molar-refractivity contribution < 1.29 is 8.78 Å². The zero-order chi connectivity index (χ0) is 20.5. The molecule has 2 saturated carbocycles. The average Bonchev–Trinajstić information content (AvgIpc) is 2.75. The molecule has 2 fully saturated rings. The minimum absolute atomic E-state index is 0.391. The molecule has 0 nitrogen and oxygen atoms in total. The number of halogens is 2. The van der Waals surface area contributed by atoms with E-state index in [0.29, 0.717) is 11.8 Å². The molecule has 3 rings (SSSR count). The summed E-state index contributed by atoms with van der Waals surface area (Å²) in [6, 6.07) is 4.44. The van der Waals surface area contributed by atoms with Gasteiger partial charge in [0, 0.05) is 0 Å². The standard InChI is InChI=1S/C27H40F2/c1-2-3-4-5-6-7-21-8-10-22(11-9-21)12-13-23-14-16-24(17-15-23)25-18-19-26(28)27(29)20-25/h12-13,18-24H,2-11,14-17H2,1H3/t21-,22-,23-,24-. The van der Waals surface area contributed by atoms with E-state index in [1.54, 1.807) is 6.07 Å². The molecule has 1 aromatic carbocycles. The number of hydrogen-bond acceptors (Lipinski definition) is 0. The van der Waals surface area contributed by atoms with Gasteiger partial charge in [0.15, 0.2) is 11.6 Å². The van der Waals surface area contributed by atoms with Crippen molar-refractivity contribution in [3.63, 3.8) is 0 Å². The molecule has 0 atom stereocenters. The molecule has 0 radical (unpaired) electrons. The SMILES string of the molecule is CCCCCCC[C@H]1CC[C@H](C=C[C@H]2CC[C@H](c3ccc(F)c(F)c3)CC2)CC1. The van der Waals surface area contributed by atoms with Gasteiger partial charge in [-0.2, -0.15) is 0 Å². The Hall–Kier alpha value is -1.18. The first kappa shape index (κ1) is 22.5. The molecule has 0 N–H and O–H groups in total. The Kier molecular flexibility index (Phi) is 9.21. The first-order valence-electron chi connectivity index (χ1n) is 12.3. The Morgan fingerprint density at radius 1 is 0.759 bits per heavy atom. The van der Waals surface area contributed by atoms with Gasteiger partial charge in [-0.15, -0.1) is 0 Å². The molecule has 0 amide bonds. The van der Waals surface area contributed by atoms with Crippen molar-refractivity contribution in [3.05, 3.63) is 47.5 Å². The maximum absolute atomic E-state index is 13.5. The Morgan fingerprint density at radius 3 is 2.00 bits per heavy atom. The van der Waals surface area contributed by atoms with Crippen LogP contribution in [-0.2, 0) is 0 Å². The van der Waals surface area contributed by atoms with Crippen molar-refractivity contribution in [3.8, 4) is 0 Å². The van der Waals surface area contributed by atoms with Crippen LogP contribution in [0.4, 0.5) is 8.78 Å². The van der Waals surface area contributed by atoms with Crippen LogP contribution in [0, 0.1) is 29.4 Å². The topological polar surface area (TPSA) is 0 Å². The van der Waals surface area contributed by atoms with E-state index in [-0.39, 0.29) is 0 Å². The molecular weight excluding hydrogens is 362 g/mol. The fourth-order valence-corrected chi connectivity index (χ4v) is 5.43. The Bertz CT molecular complexity index is 619. The van der Waals surface area contributed by atoms with E-state index in [4.69, 9.17) is 0 Å². The second-order valence-corrected chi connectivity index (χ2v) is 9.65. The van der Waals surface area contributed by atoms with Crippen LogP contribution in [0.1, 0.15) is 108 Å². The smallest absolute Gasteiger partial charge is 0.159 e. The molecule has 1 aromatic rings. The number of unbranched alkanes of at least 4 members (excludes halogenated alkanes) is 4. The van der Waals surface area contributed by atoms with E-state index >= 15 is 0 Å². The molecule has 0 bridgehead atoms. The molecule has 0 aliphatic heterocycles. The van der Waals surface area contributed by atoms with Gasteiger partial charge in [-0.1, -0.05) is 63.7 Å². The van der Waals surface area contributed by atoms with Crippen molar-refractivity contribution >= 4 is 0 Å². The lowest BCUT2D eigenvalue weighted by atomic mass is 9.76. The summed E-state index contributed by atoms with van der Waals surface area (Å²) < 4.78 is 26.6. The van der Waals surface area contributed by atoms with Crippen molar-refractivity contribution in [2.45, 2.75) is 103 Å². The molecule has 0 saturated heterocycles. The van der Waals surface area contributed by atoms with E-state index < -0.39 is 11.6 Å². The van der Waals surface area contributed by atoms with Crippen molar-refractivity contribution in [1.29, 1.82) is 0 Å². The summed E-state index contributed by atoms with van der Waals surface area (Å²) in [5, 5.41) is 0. The van der Waals surface area contributed by atoms with Gasteiger partial charge in [-0.3, -0.25) is 0 Å². The second kappa shape index (κ2) is 11.9. The van der Waals surface area contributed by atoms with Gasteiger partial charge >= 0.3 is 0 Å². The minimum atomic E-state index is -0.739. The molecule has 0 aromatic heterocycles. The Morgan fingerprint density at radius 2 is 1.38 bits per heavy atom. The summed E-state index contributed by atoms with van der Waals surface area (Å²) in [7, 11) is 0. The molecule has 0 heterocycles. The highest BCUT2D eigenvalue weighted by atomic mass is 19.2. The van der Waals surface area contributed by atoms with E-state index in [1.165, 1.54) is 89.2 Å². The maximum atomic E-state index is 13.5. The molecule has 2 aliphatic rings. The lowest BCUT2D eigenvalue weighted by Crippen LogP contribution is -2.15. The third-order valence-corrected chi connectivity index (χ3v) is 7.45. The van der Waals surface area contributed by atoms with Crippen LogP contribution in [0.25, 0.3) is 0 Å². The summed E-state index contributed by atoms with van der Waals surface area (Å²) in [5.74, 6) is 1.39. The minimum Gasteiger partial charge on any atom is -0.204 e. The first-order chi connectivity index (χ1) is 14.2. The highest BCUT2D eigenvalue weighted by Crippen LogP contribution is 2.38. The van der Waals surface area contributed by atoms with Crippen LogP contribution in [0.2, 0.25) is 0 Å². The van der Waals surface area contributed by atoms with Gasteiger partial charge in [0.2, 0.25) is 0 Å². The maximum Gasteiger partial charge on any atom is 0.159 e. The summed E-state index contributed by atoms with van der Waals surface area (Å²) >= 11 is 0. The van der Waals surface area contributed by atoms with Crippen LogP contribution in [0.15, 0.2) is 30.4 Å². The number of hydrogen-bond donors (Lipinski definition) is 0. The number of allylic oxidation sites excluding steroid dienone is 2. The average molecular weight is 403 g/mol.